The number of hydrogen-bond donors (Lipinski definition) is 1. The lowest BCUT2D eigenvalue weighted by molar-refractivity contribution is -0.117. The summed E-state index contributed by atoms with van der Waals surface area (Å²) in [5, 5.41) is 4.47. The largest absolute Gasteiger partial charge is 0.345 e. The Morgan fingerprint density at radius 1 is 1.41 bits per heavy atom. The van der Waals surface area contributed by atoms with Gasteiger partial charge in [0.2, 0.25) is 15.9 Å². The molecule has 1 unspecified atom stereocenters. The average molecular weight is 346 g/mol. The Morgan fingerprint density at radius 3 is 2.55 bits per heavy atom. The molecular formula is C13H16ClN3O4S. The Hall–Kier alpha value is -1.64. The topological polar surface area (TPSA) is 101 Å². The number of nitrogens with two attached hydrogens (primary N) is 1. The molecule has 1 aliphatic heterocycles. The summed E-state index contributed by atoms with van der Waals surface area (Å²) in [5.41, 5.74) is 0.570. The van der Waals surface area contributed by atoms with E-state index in [1.54, 1.807) is 20.2 Å². The van der Waals surface area contributed by atoms with Crippen LogP contribution >= 0.6 is 11.6 Å². The number of amides is 2. The Labute approximate surface area is 133 Å². The van der Waals surface area contributed by atoms with E-state index in [4.69, 9.17) is 16.7 Å². The second-order valence-corrected chi connectivity index (χ2v) is 7.56. The summed E-state index contributed by atoms with van der Waals surface area (Å²) >= 11 is 5.95. The van der Waals surface area contributed by atoms with Gasteiger partial charge in [0.25, 0.3) is 5.91 Å². The third-order valence-electron chi connectivity index (χ3n) is 3.44. The molecule has 1 aromatic rings. The van der Waals surface area contributed by atoms with Crippen LogP contribution in [0.15, 0.2) is 18.2 Å². The van der Waals surface area contributed by atoms with Crippen LogP contribution in [0.5, 0.6) is 0 Å². The molecule has 1 aliphatic rings. The van der Waals surface area contributed by atoms with Crippen molar-refractivity contribution in [3.63, 3.8) is 0 Å². The number of hydrogen-bond acceptors (Lipinski definition) is 4. The van der Waals surface area contributed by atoms with Gasteiger partial charge in [0, 0.05) is 32.1 Å². The zero-order valence-corrected chi connectivity index (χ0v) is 13.7. The fourth-order valence-electron chi connectivity index (χ4n) is 2.28. The zero-order chi connectivity index (χ0) is 16.7. The molecule has 0 radical (unpaired) electrons. The first-order chi connectivity index (χ1) is 10.1. The van der Waals surface area contributed by atoms with Crippen LogP contribution in [-0.4, -0.2) is 51.0 Å². The smallest absolute Gasteiger partial charge is 0.255 e. The molecule has 1 fully saturated rings. The van der Waals surface area contributed by atoms with Crippen molar-refractivity contribution in [1.29, 1.82) is 0 Å². The van der Waals surface area contributed by atoms with Crippen molar-refractivity contribution in [3.05, 3.63) is 28.8 Å². The van der Waals surface area contributed by atoms with E-state index in [9.17, 15) is 18.0 Å². The van der Waals surface area contributed by atoms with E-state index in [1.165, 1.54) is 21.9 Å². The van der Waals surface area contributed by atoms with Gasteiger partial charge in [-0.1, -0.05) is 11.6 Å². The number of benzene rings is 1. The maximum absolute atomic E-state index is 12.2. The molecule has 9 heteroatoms. The molecule has 2 amide bonds. The van der Waals surface area contributed by atoms with Crippen LogP contribution in [0.1, 0.15) is 16.8 Å². The number of sulfonamides is 1. The van der Waals surface area contributed by atoms with Crippen molar-refractivity contribution >= 4 is 39.1 Å². The lowest BCUT2D eigenvalue weighted by Crippen LogP contribution is -2.33. The van der Waals surface area contributed by atoms with E-state index in [0.29, 0.717) is 10.7 Å². The molecule has 1 saturated heterocycles. The van der Waals surface area contributed by atoms with E-state index in [2.05, 4.69) is 0 Å². The van der Waals surface area contributed by atoms with Crippen LogP contribution in [0, 0.1) is 0 Å². The van der Waals surface area contributed by atoms with Crippen LogP contribution in [0.25, 0.3) is 0 Å². The van der Waals surface area contributed by atoms with Gasteiger partial charge in [0.1, 0.15) is 5.25 Å². The molecule has 0 spiro atoms. The minimum Gasteiger partial charge on any atom is -0.345 e. The molecule has 1 aromatic carbocycles. The number of carbonyl (C=O) groups excluding carboxylic acids is 2. The number of nitrogens with zero attached hydrogens (tertiary/aromatic N) is 2. The molecule has 1 heterocycles. The SMILES string of the molecule is CN(C)C(=O)c1ccc(Cl)cc1N1CC(S(N)(=O)=O)CC1=O. The number of carbonyl (C=O) groups is 2. The van der Waals surface area contributed by atoms with E-state index in [-0.39, 0.29) is 24.4 Å². The van der Waals surface area contributed by atoms with Crippen LogP contribution < -0.4 is 10.0 Å². The first-order valence-corrected chi connectivity index (χ1v) is 8.43. The molecule has 0 aromatic heterocycles. The average Bonchev–Trinajstić information content (AvgIpc) is 2.79. The third kappa shape index (κ3) is 3.23. The van der Waals surface area contributed by atoms with Gasteiger partial charge in [-0.3, -0.25) is 9.59 Å². The molecular weight excluding hydrogens is 330 g/mol. The summed E-state index contributed by atoms with van der Waals surface area (Å²) in [7, 11) is -0.661. The highest BCUT2D eigenvalue weighted by Crippen LogP contribution is 2.30. The second kappa shape index (κ2) is 5.86. The van der Waals surface area contributed by atoms with Crippen molar-refractivity contribution in [2.75, 3.05) is 25.5 Å². The molecule has 2 N–H and O–H groups in total. The van der Waals surface area contributed by atoms with Crippen molar-refractivity contribution < 1.29 is 18.0 Å². The predicted molar refractivity (Wildman–Crippen MR) is 83.3 cm³/mol. The van der Waals surface area contributed by atoms with Gasteiger partial charge in [-0.05, 0) is 18.2 Å². The standard InChI is InChI=1S/C13H16ClN3O4S/c1-16(2)13(19)10-4-3-8(14)5-11(10)17-7-9(6-12(17)18)22(15,20)21/h3-5,9H,6-7H2,1-2H3,(H2,15,20,21). The molecule has 1 atom stereocenters. The molecule has 0 saturated carbocycles. The Kier molecular flexibility index (Phi) is 4.46. The van der Waals surface area contributed by atoms with Gasteiger partial charge in [0.05, 0.1) is 11.3 Å². The Bertz CT molecular complexity index is 733. The number of halogens is 1. The predicted octanol–water partition coefficient (Wildman–Crippen LogP) is 0.436. The summed E-state index contributed by atoms with van der Waals surface area (Å²) in [4.78, 5) is 27.0. The number of primary sulfonamides is 1. The molecule has 120 valence electrons. The molecule has 7 nitrogen and oxygen atoms in total. The zero-order valence-electron chi connectivity index (χ0n) is 12.1. The monoisotopic (exact) mass is 345 g/mol. The highest BCUT2D eigenvalue weighted by atomic mass is 35.5. The lowest BCUT2D eigenvalue weighted by Gasteiger charge is -2.21. The molecule has 22 heavy (non-hydrogen) atoms. The van der Waals surface area contributed by atoms with E-state index < -0.39 is 21.2 Å². The van der Waals surface area contributed by atoms with Gasteiger partial charge < -0.3 is 9.80 Å². The van der Waals surface area contributed by atoms with Crippen molar-refractivity contribution in [2.45, 2.75) is 11.7 Å². The number of rotatable bonds is 3. The molecule has 0 bridgehead atoms. The van der Waals surface area contributed by atoms with Crippen molar-refractivity contribution in [2.24, 2.45) is 5.14 Å². The van der Waals surface area contributed by atoms with Gasteiger partial charge in [0.15, 0.2) is 0 Å². The first kappa shape index (κ1) is 16.7. The van der Waals surface area contributed by atoms with Crippen LogP contribution in [0.4, 0.5) is 5.69 Å². The minimum absolute atomic E-state index is 0.0916. The lowest BCUT2D eigenvalue weighted by atomic mass is 10.1. The van der Waals surface area contributed by atoms with Crippen molar-refractivity contribution in [1.82, 2.24) is 4.90 Å². The van der Waals surface area contributed by atoms with Crippen molar-refractivity contribution in [3.8, 4) is 0 Å². The quantitative estimate of drug-likeness (QED) is 0.858. The van der Waals surface area contributed by atoms with Gasteiger partial charge in [-0.2, -0.15) is 0 Å². The van der Waals surface area contributed by atoms with Gasteiger partial charge >= 0.3 is 0 Å². The summed E-state index contributed by atoms with van der Waals surface area (Å²) in [5.74, 6) is -0.715. The van der Waals surface area contributed by atoms with Crippen LogP contribution in [0.2, 0.25) is 5.02 Å². The van der Waals surface area contributed by atoms with E-state index in [1.807, 2.05) is 0 Å². The fourth-order valence-corrected chi connectivity index (χ4v) is 3.18. The van der Waals surface area contributed by atoms with E-state index >= 15 is 0 Å². The second-order valence-electron chi connectivity index (χ2n) is 5.28. The Balaban J connectivity index is 2.46. The maximum atomic E-state index is 12.2. The van der Waals surface area contributed by atoms with Crippen LogP contribution in [-0.2, 0) is 14.8 Å². The Morgan fingerprint density at radius 2 is 2.05 bits per heavy atom. The third-order valence-corrected chi connectivity index (χ3v) is 4.92. The highest BCUT2D eigenvalue weighted by Gasteiger charge is 2.38. The summed E-state index contributed by atoms with van der Waals surface area (Å²) in [6.07, 6.45) is -0.207. The summed E-state index contributed by atoms with van der Waals surface area (Å²) in [6.45, 7) is -0.0916. The fraction of sp³-hybridized carbons (Fsp3) is 0.385. The van der Waals surface area contributed by atoms with Gasteiger partial charge in [-0.25, -0.2) is 13.6 Å². The van der Waals surface area contributed by atoms with Gasteiger partial charge in [-0.15, -0.1) is 0 Å². The van der Waals surface area contributed by atoms with Crippen LogP contribution in [0.3, 0.4) is 0 Å². The maximum Gasteiger partial charge on any atom is 0.255 e. The minimum atomic E-state index is -3.83. The number of anilines is 1. The molecule has 2 rings (SSSR count). The van der Waals surface area contributed by atoms with E-state index in [0.717, 1.165) is 0 Å². The normalized spacial score (nSPS) is 18.6. The summed E-state index contributed by atoms with van der Waals surface area (Å²) < 4.78 is 22.9. The summed E-state index contributed by atoms with van der Waals surface area (Å²) in [6, 6.07) is 4.53. The molecule has 0 aliphatic carbocycles. The highest BCUT2D eigenvalue weighted by molar-refractivity contribution is 7.89. The first-order valence-electron chi connectivity index (χ1n) is 6.44.